The van der Waals surface area contributed by atoms with Gasteiger partial charge in [-0.3, -0.25) is 9.48 Å². The molecule has 2 aromatic heterocycles. The van der Waals surface area contributed by atoms with Gasteiger partial charge in [0.05, 0.1) is 23.6 Å². The van der Waals surface area contributed by atoms with Gasteiger partial charge in [0.1, 0.15) is 5.82 Å². The minimum absolute atomic E-state index is 0.0391. The minimum Gasteiger partial charge on any atom is -0.361 e. The average Bonchev–Trinajstić information content (AvgIpc) is 3.24. The Kier molecular flexibility index (Phi) is 5.16. The maximum atomic E-state index is 13.1. The van der Waals surface area contributed by atoms with Crippen molar-refractivity contribution < 1.29 is 9.18 Å². The molecule has 4 rings (SSSR count). The van der Waals surface area contributed by atoms with Crippen LogP contribution in [0.5, 0.6) is 0 Å². The minimum atomic E-state index is -0.259. The quantitative estimate of drug-likeness (QED) is 0.499. The van der Waals surface area contributed by atoms with Crippen LogP contribution in [-0.2, 0) is 17.8 Å². The Hall–Kier alpha value is -3.41. The second-order valence-corrected chi connectivity index (χ2v) is 7.24. The number of aromatic amines is 1. The maximum absolute atomic E-state index is 13.1. The summed E-state index contributed by atoms with van der Waals surface area (Å²) in [6, 6.07) is 14.4. The van der Waals surface area contributed by atoms with E-state index in [2.05, 4.69) is 21.5 Å². The summed E-state index contributed by atoms with van der Waals surface area (Å²) in [6.07, 6.45) is 3.02. The van der Waals surface area contributed by atoms with Crippen molar-refractivity contribution >= 4 is 22.5 Å². The van der Waals surface area contributed by atoms with Crippen LogP contribution in [-0.4, -0.2) is 20.7 Å². The highest BCUT2D eigenvalue weighted by molar-refractivity contribution is 5.92. The molecule has 2 heterocycles. The van der Waals surface area contributed by atoms with E-state index < -0.39 is 0 Å². The van der Waals surface area contributed by atoms with Gasteiger partial charge in [-0.25, -0.2) is 4.39 Å². The molecular weight excluding hydrogens is 367 g/mol. The number of nitrogens with zero attached hydrogens (tertiary/aromatic N) is 2. The zero-order valence-electron chi connectivity index (χ0n) is 16.5. The first-order chi connectivity index (χ1) is 14.0. The molecule has 1 amide bonds. The van der Waals surface area contributed by atoms with E-state index in [1.807, 2.05) is 42.9 Å². The first-order valence-corrected chi connectivity index (χ1v) is 9.64. The topological polar surface area (TPSA) is 62.7 Å². The van der Waals surface area contributed by atoms with E-state index >= 15 is 0 Å². The molecule has 0 spiro atoms. The SMILES string of the molecule is Cc1nn(Cc2ccc(F)cc2)c(C)c1NC(=O)CCc1c[nH]c2ccccc12. The molecule has 0 saturated heterocycles. The standard InChI is InChI=1S/C23H23FN4O/c1-15-23(16(2)28(27-15)14-17-7-10-19(24)11-8-17)26-22(29)12-9-18-13-25-21-6-4-3-5-20(18)21/h3-8,10-11,13,25H,9,12,14H2,1-2H3,(H,26,29). The molecule has 2 aromatic carbocycles. The molecule has 0 atom stereocenters. The van der Waals surface area contributed by atoms with Gasteiger partial charge in [0, 0.05) is 23.5 Å². The summed E-state index contributed by atoms with van der Waals surface area (Å²) in [5.74, 6) is -0.298. The molecule has 2 N–H and O–H groups in total. The Labute approximate surface area is 168 Å². The second kappa shape index (κ2) is 7.91. The fourth-order valence-corrected chi connectivity index (χ4v) is 3.58. The summed E-state index contributed by atoms with van der Waals surface area (Å²) in [7, 11) is 0. The lowest BCUT2D eigenvalue weighted by molar-refractivity contribution is -0.116. The number of carbonyl (C=O) groups excluding carboxylic acids is 1. The summed E-state index contributed by atoms with van der Waals surface area (Å²) in [4.78, 5) is 15.8. The first-order valence-electron chi connectivity index (χ1n) is 9.64. The van der Waals surface area contributed by atoms with Crippen LogP contribution < -0.4 is 5.32 Å². The van der Waals surface area contributed by atoms with Gasteiger partial charge in [-0.1, -0.05) is 30.3 Å². The number of halogens is 1. The van der Waals surface area contributed by atoms with Gasteiger partial charge in [0.15, 0.2) is 0 Å². The van der Waals surface area contributed by atoms with Crippen LogP contribution in [0, 0.1) is 19.7 Å². The molecule has 0 aliphatic rings. The van der Waals surface area contributed by atoms with Gasteiger partial charge in [-0.05, 0) is 49.6 Å². The molecule has 6 heteroatoms. The van der Waals surface area contributed by atoms with Gasteiger partial charge in [0.2, 0.25) is 5.91 Å². The third-order valence-corrected chi connectivity index (χ3v) is 5.19. The van der Waals surface area contributed by atoms with Crippen molar-refractivity contribution in [3.63, 3.8) is 0 Å². The number of para-hydroxylation sites is 1. The van der Waals surface area contributed by atoms with Crippen LogP contribution >= 0.6 is 0 Å². The first kappa shape index (κ1) is 18.9. The Morgan fingerprint density at radius 1 is 1.14 bits per heavy atom. The van der Waals surface area contributed by atoms with Crippen LogP contribution in [0.3, 0.4) is 0 Å². The van der Waals surface area contributed by atoms with E-state index in [1.165, 1.54) is 12.1 Å². The van der Waals surface area contributed by atoms with Gasteiger partial charge < -0.3 is 10.3 Å². The number of carbonyl (C=O) groups is 1. The monoisotopic (exact) mass is 390 g/mol. The Bertz CT molecular complexity index is 1160. The van der Waals surface area contributed by atoms with E-state index in [9.17, 15) is 9.18 Å². The maximum Gasteiger partial charge on any atom is 0.224 e. The number of fused-ring (bicyclic) bond motifs is 1. The highest BCUT2D eigenvalue weighted by atomic mass is 19.1. The number of anilines is 1. The Morgan fingerprint density at radius 2 is 1.90 bits per heavy atom. The van der Waals surface area contributed by atoms with Gasteiger partial charge in [0.25, 0.3) is 0 Å². The Morgan fingerprint density at radius 3 is 2.69 bits per heavy atom. The molecule has 0 unspecified atom stereocenters. The van der Waals surface area contributed by atoms with Crippen molar-refractivity contribution in [2.24, 2.45) is 0 Å². The number of nitrogens with one attached hydrogen (secondary N) is 2. The molecule has 148 valence electrons. The number of amides is 1. The molecule has 0 radical (unpaired) electrons. The average molecular weight is 390 g/mol. The van der Waals surface area contributed by atoms with Crippen molar-refractivity contribution in [3.8, 4) is 0 Å². The number of hydrogen-bond acceptors (Lipinski definition) is 2. The number of hydrogen-bond donors (Lipinski definition) is 2. The summed E-state index contributed by atoms with van der Waals surface area (Å²) in [6.45, 7) is 4.33. The smallest absolute Gasteiger partial charge is 0.224 e. The van der Waals surface area contributed by atoms with Crippen LogP contribution in [0.1, 0.15) is 28.9 Å². The van der Waals surface area contributed by atoms with Gasteiger partial charge >= 0.3 is 0 Å². The van der Waals surface area contributed by atoms with Gasteiger partial charge in [-0.2, -0.15) is 5.10 Å². The van der Waals surface area contributed by atoms with E-state index in [4.69, 9.17) is 0 Å². The lowest BCUT2D eigenvalue weighted by atomic mass is 10.1. The van der Waals surface area contributed by atoms with Gasteiger partial charge in [-0.15, -0.1) is 0 Å². The van der Waals surface area contributed by atoms with E-state index in [0.717, 1.165) is 39.1 Å². The molecule has 4 aromatic rings. The normalized spacial score (nSPS) is 11.1. The zero-order chi connectivity index (χ0) is 20.4. The molecule has 0 saturated carbocycles. The van der Waals surface area contributed by atoms with Crippen molar-refractivity contribution in [1.82, 2.24) is 14.8 Å². The second-order valence-electron chi connectivity index (χ2n) is 7.24. The van der Waals surface area contributed by atoms with Crippen molar-refractivity contribution in [1.29, 1.82) is 0 Å². The largest absolute Gasteiger partial charge is 0.361 e. The zero-order valence-corrected chi connectivity index (χ0v) is 16.5. The van der Waals surface area contributed by atoms with E-state index in [0.29, 0.717) is 19.4 Å². The fourth-order valence-electron chi connectivity index (χ4n) is 3.58. The van der Waals surface area contributed by atoms with Crippen LogP contribution in [0.25, 0.3) is 10.9 Å². The number of benzene rings is 2. The molecule has 0 fully saturated rings. The van der Waals surface area contributed by atoms with E-state index in [1.54, 1.807) is 12.1 Å². The van der Waals surface area contributed by atoms with E-state index in [-0.39, 0.29) is 11.7 Å². The van der Waals surface area contributed by atoms with Crippen molar-refractivity contribution in [3.05, 3.63) is 83.1 Å². The van der Waals surface area contributed by atoms with Crippen LogP contribution in [0.15, 0.2) is 54.7 Å². The predicted octanol–water partition coefficient (Wildman–Crippen LogP) is 4.74. The number of H-pyrrole nitrogens is 1. The summed E-state index contributed by atoms with van der Waals surface area (Å²) >= 11 is 0. The lowest BCUT2D eigenvalue weighted by Gasteiger charge is -2.07. The molecule has 29 heavy (non-hydrogen) atoms. The summed E-state index contributed by atoms with van der Waals surface area (Å²) in [5.41, 5.74) is 5.57. The number of rotatable bonds is 6. The summed E-state index contributed by atoms with van der Waals surface area (Å²) in [5, 5.41) is 8.70. The van der Waals surface area contributed by atoms with Crippen molar-refractivity contribution in [2.45, 2.75) is 33.2 Å². The third kappa shape index (κ3) is 4.06. The Balaban J connectivity index is 1.42. The molecule has 5 nitrogen and oxygen atoms in total. The third-order valence-electron chi connectivity index (χ3n) is 5.19. The highest BCUT2D eigenvalue weighted by Crippen LogP contribution is 2.22. The number of aryl methyl sites for hydroxylation is 2. The summed E-state index contributed by atoms with van der Waals surface area (Å²) < 4.78 is 14.9. The molecule has 0 bridgehead atoms. The predicted molar refractivity (Wildman–Crippen MR) is 112 cm³/mol. The molecular formula is C23H23FN4O. The lowest BCUT2D eigenvalue weighted by Crippen LogP contribution is -2.13. The molecule has 0 aliphatic heterocycles. The molecule has 0 aliphatic carbocycles. The van der Waals surface area contributed by atoms with Crippen molar-refractivity contribution in [2.75, 3.05) is 5.32 Å². The fraction of sp³-hybridized carbons (Fsp3) is 0.217. The van der Waals surface area contributed by atoms with Crippen LogP contribution in [0.2, 0.25) is 0 Å². The number of aromatic nitrogens is 3. The van der Waals surface area contributed by atoms with Crippen LogP contribution in [0.4, 0.5) is 10.1 Å². The highest BCUT2D eigenvalue weighted by Gasteiger charge is 2.15.